The van der Waals surface area contributed by atoms with Crippen LogP contribution in [-0.4, -0.2) is 49.1 Å². The summed E-state index contributed by atoms with van der Waals surface area (Å²) in [5.74, 6) is -0.00830. The lowest BCUT2D eigenvalue weighted by Crippen LogP contribution is -2.44. The third kappa shape index (κ3) is 7.48. The fourth-order valence-electron chi connectivity index (χ4n) is 2.60. The molecule has 5 nitrogen and oxygen atoms in total. The standard InChI is InChI=1S/C15H28N2O3/c1-3-20-15(19)7-5-4-6-10-17-11-8-14(9-12-17)16-13(2)18/h14H,3-12H2,1-2H3,(H,16,18). The fourth-order valence-corrected chi connectivity index (χ4v) is 2.60. The molecule has 1 N–H and O–H groups in total. The van der Waals surface area contributed by atoms with E-state index in [2.05, 4.69) is 10.2 Å². The van der Waals surface area contributed by atoms with Gasteiger partial charge in [0, 0.05) is 32.5 Å². The van der Waals surface area contributed by atoms with Crippen molar-refractivity contribution in [1.29, 1.82) is 0 Å². The van der Waals surface area contributed by atoms with Crippen LogP contribution in [0.2, 0.25) is 0 Å². The lowest BCUT2D eigenvalue weighted by molar-refractivity contribution is -0.143. The first-order chi connectivity index (χ1) is 9.61. The number of nitrogens with zero attached hydrogens (tertiary/aromatic N) is 1. The molecule has 0 atom stereocenters. The van der Waals surface area contributed by atoms with Crippen LogP contribution in [0.5, 0.6) is 0 Å². The zero-order valence-corrected chi connectivity index (χ0v) is 12.8. The van der Waals surface area contributed by atoms with E-state index in [0.717, 1.165) is 51.7 Å². The van der Waals surface area contributed by atoms with Gasteiger partial charge in [0.15, 0.2) is 0 Å². The van der Waals surface area contributed by atoms with Gasteiger partial charge in [-0.05, 0) is 39.2 Å². The molecule has 0 saturated carbocycles. The Morgan fingerprint density at radius 1 is 1.20 bits per heavy atom. The third-order valence-electron chi connectivity index (χ3n) is 3.66. The first-order valence-electron chi connectivity index (χ1n) is 7.77. The Hall–Kier alpha value is -1.10. The van der Waals surface area contributed by atoms with Crippen LogP contribution in [0.1, 0.15) is 52.4 Å². The van der Waals surface area contributed by atoms with Crippen molar-refractivity contribution < 1.29 is 14.3 Å². The van der Waals surface area contributed by atoms with Gasteiger partial charge in [-0.15, -0.1) is 0 Å². The van der Waals surface area contributed by atoms with E-state index in [1.807, 2.05) is 6.92 Å². The van der Waals surface area contributed by atoms with Gasteiger partial charge in [0.1, 0.15) is 0 Å². The molecule has 1 aliphatic heterocycles. The molecule has 0 bridgehead atoms. The Kier molecular flexibility index (Phi) is 8.26. The topological polar surface area (TPSA) is 58.6 Å². The van der Waals surface area contributed by atoms with Crippen LogP contribution < -0.4 is 5.32 Å². The van der Waals surface area contributed by atoms with Gasteiger partial charge in [0.2, 0.25) is 5.91 Å². The van der Waals surface area contributed by atoms with Crippen LogP contribution in [0, 0.1) is 0 Å². The molecule has 116 valence electrons. The highest BCUT2D eigenvalue weighted by Gasteiger charge is 2.18. The van der Waals surface area contributed by atoms with Gasteiger partial charge in [-0.2, -0.15) is 0 Å². The quantitative estimate of drug-likeness (QED) is 0.544. The summed E-state index contributed by atoms with van der Waals surface area (Å²) in [4.78, 5) is 24.6. The molecule has 20 heavy (non-hydrogen) atoms. The first kappa shape index (κ1) is 17.0. The largest absolute Gasteiger partial charge is 0.466 e. The van der Waals surface area contributed by atoms with Crippen molar-refractivity contribution in [2.24, 2.45) is 0 Å². The van der Waals surface area contributed by atoms with Gasteiger partial charge in [0.25, 0.3) is 0 Å². The smallest absolute Gasteiger partial charge is 0.305 e. The highest BCUT2D eigenvalue weighted by molar-refractivity contribution is 5.73. The van der Waals surface area contributed by atoms with Gasteiger partial charge in [-0.25, -0.2) is 0 Å². The van der Waals surface area contributed by atoms with E-state index in [0.29, 0.717) is 19.1 Å². The van der Waals surface area contributed by atoms with Crippen molar-refractivity contribution in [1.82, 2.24) is 10.2 Å². The Morgan fingerprint density at radius 2 is 1.90 bits per heavy atom. The van der Waals surface area contributed by atoms with E-state index >= 15 is 0 Å². The van der Waals surface area contributed by atoms with E-state index in [4.69, 9.17) is 4.74 Å². The third-order valence-corrected chi connectivity index (χ3v) is 3.66. The van der Waals surface area contributed by atoms with Crippen molar-refractivity contribution in [2.75, 3.05) is 26.2 Å². The summed E-state index contributed by atoms with van der Waals surface area (Å²) >= 11 is 0. The lowest BCUT2D eigenvalue weighted by atomic mass is 10.0. The van der Waals surface area contributed by atoms with E-state index in [9.17, 15) is 9.59 Å². The molecule has 0 aromatic heterocycles. The second kappa shape index (κ2) is 9.75. The molecular formula is C15H28N2O3. The summed E-state index contributed by atoms with van der Waals surface area (Å²) in [6.45, 7) is 7.10. The number of likely N-dealkylation sites (tertiary alicyclic amines) is 1. The molecule has 0 spiro atoms. The molecule has 1 aliphatic rings. The van der Waals surface area contributed by atoms with Crippen LogP contribution in [0.15, 0.2) is 0 Å². The molecule has 1 heterocycles. The zero-order chi connectivity index (χ0) is 14.8. The molecule has 0 aliphatic carbocycles. The Balaban J connectivity index is 1.99. The number of amides is 1. The van der Waals surface area contributed by atoms with Crippen molar-refractivity contribution in [3.05, 3.63) is 0 Å². The predicted molar refractivity (Wildman–Crippen MR) is 78.4 cm³/mol. The van der Waals surface area contributed by atoms with Crippen LogP contribution in [0.3, 0.4) is 0 Å². The molecule has 0 aromatic rings. The van der Waals surface area contributed by atoms with Crippen molar-refractivity contribution in [3.8, 4) is 0 Å². The highest BCUT2D eigenvalue weighted by atomic mass is 16.5. The van der Waals surface area contributed by atoms with Crippen LogP contribution in [0.4, 0.5) is 0 Å². The molecule has 0 radical (unpaired) electrons. The summed E-state index contributed by atoms with van der Waals surface area (Å²) in [5, 5.41) is 2.99. The summed E-state index contributed by atoms with van der Waals surface area (Å²) in [6, 6.07) is 0.354. The number of piperidine rings is 1. The number of hydrogen-bond acceptors (Lipinski definition) is 4. The first-order valence-corrected chi connectivity index (χ1v) is 7.77. The number of unbranched alkanes of at least 4 members (excludes halogenated alkanes) is 2. The molecule has 5 heteroatoms. The molecule has 1 rings (SSSR count). The van der Waals surface area contributed by atoms with Gasteiger partial charge >= 0.3 is 5.97 Å². The SMILES string of the molecule is CCOC(=O)CCCCCN1CCC(NC(C)=O)CC1. The maximum atomic E-state index is 11.2. The number of ether oxygens (including phenoxy) is 1. The number of hydrogen-bond donors (Lipinski definition) is 1. The number of carbonyl (C=O) groups excluding carboxylic acids is 2. The molecule has 1 saturated heterocycles. The Labute approximate surface area is 122 Å². The second-order valence-electron chi connectivity index (χ2n) is 5.43. The van der Waals surface area contributed by atoms with Crippen molar-refractivity contribution in [2.45, 2.75) is 58.4 Å². The van der Waals surface area contributed by atoms with Gasteiger partial charge in [-0.1, -0.05) is 6.42 Å². The molecule has 1 amide bonds. The average molecular weight is 284 g/mol. The molecule has 0 unspecified atom stereocenters. The summed E-state index contributed by atoms with van der Waals surface area (Å²) < 4.78 is 4.90. The summed E-state index contributed by atoms with van der Waals surface area (Å²) in [5.41, 5.74) is 0. The summed E-state index contributed by atoms with van der Waals surface area (Å²) in [6.07, 6.45) is 5.75. The minimum atomic E-state index is -0.0800. The highest BCUT2D eigenvalue weighted by Crippen LogP contribution is 2.12. The van der Waals surface area contributed by atoms with Crippen LogP contribution in [-0.2, 0) is 14.3 Å². The van der Waals surface area contributed by atoms with E-state index < -0.39 is 0 Å². The second-order valence-corrected chi connectivity index (χ2v) is 5.43. The Bertz CT molecular complexity index is 299. The van der Waals surface area contributed by atoms with Gasteiger partial charge in [0.05, 0.1) is 6.61 Å². The van der Waals surface area contributed by atoms with Crippen LogP contribution >= 0.6 is 0 Å². The average Bonchev–Trinajstić information content (AvgIpc) is 2.40. The van der Waals surface area contributed by atoms with Gasteiger partial charge < -0.3 is 15.0 Å². The number of nitrogens with one attached hydrogen (secondary N) is 1. The van der Waals surface area contributed by atoms with E-state index in [-0.39, 0.29) is 11.9 Å². The molecule has 0 aromatic carbocycles. The zero-order valence-electron chi connectivity index (χ0n) is 12.8. The Morgan fingerprint density at radius 3 is 2.50 bits per heavy atom. The van der Waals surface area contributed by atoms with Crippen molar-refractivity contribution in [3.63, 3.8) is 0 Å². The monoisotopic (exact) mass is 284 g/mol. The van der Waals surface area contributed by atoms with Crippen LogP contribution in [0.25, 0.3) is 0 Å². The minimum absolute atomic E-state index is 0.0717. The maximum Gasteiger partial charge on any atom is 0.305 e. The maximum absolute atomic E-state index is 11.2. The number of esters is 1. The normalized spacial score (nSPS) is 16.9. The minimum Gasteiger partial charge on any atom is -0.466 e. The number of carbonyl (C=O) groups is 2. The lowest BCUT2D eigenvalue weighted by Gasteiger charge is -2.32. The molecular weight excluding hydrogens is 256 g/mol. The van der Waals surface area contributed by atoms with E-state index in [1.54, 1.807) is 6.92 Å². The summed E-state index contributed by atoms with van der Waals surface area (Å²) in [7, 11) is 0. The van der Waals surface area contributed by atoms with E-state index in [1.165, 1.54) is 0 Å². The van der Waals surface area contributed by atoms with Crippen molar-refractivity contribution >= 4 is 11.9 Å². The number of rotatable bonds is 8. The molecule has 1 fully saturated rings. The van der Waals surface area contributed by atoms with Gasteiger partial charge in [-0.3, -0.25) is 9.59 Å². The predicted octanol–water partition coefficient (Wildman–Crippen LogP) is 1.71. The fraction of sp³-hybridized carbons (Fsp3) is 0.867.